The molecule has 0 saturated heterocycles. The summed E-state index contributed by atoms with van der Waals surface area (Å²) in [6, 6.07) is 14.3. The lowest BCUT2D eigenvalue weighted by Crippen LogP contribution is -2.13. The van der Waals surface area contributed by atoms with Gasteiger partial charge in [-0.3, -0.25) is 0 Å². The first-order valence-electron chi connectivity index (χ1n) is 8.34. The Balaban J connectivity index is 0.00000225. The van der Waals surface area contributed by atoms with Gasteiger partial charge in [0, 0.05) is 29.8 Å². The van der Waals surface area contributed by atoms with Crippen LogP contribution in [0.25, 0.3) is 22.2 Å². The molecule has 2 aromatic carbocycles. The molecule has 0 unspecified atom stereocenters. The van der Waals surface area contributed by atoms with E-state index in [0.29, 0.717) is 12.1 Å². The molecule has 0 atom stereocenters. The number of aromatic nitrogens is 1. The third kappa shape index (κ3) is 3.44. The highest BCUT2D eigenvalue weighted by Gasteiger charge is 2.23. The molecule has 0 fully saturated rings. The second-order valence-electron chi connectivity index (χ2n) is 6.16. The first-order valence-corrected chi connectivity index (χ1v) is 9.78. The highest BCUT2D eigenvalue weighted by Crippen LogP contribution is 2.30. The molecule has 0 aliphatic rings. The Morgan fingerprint density at radius 1 is 1.11 bits per heavy atom. The molecule has 2 heterocycles. The zero-order chi connectivity index (χ0) is 19.0. The van der Waals surface area contributed by atoms with Crippen LogP contribution < -0.4 is 5.32 Å². The van der Waals surface area contributed by atoms with Crippen molar-refractivity contribution in [1.29, 1.82) is 0 Å². The molecule has 0 aliphatic heterocycles. The second-order valence-corrected chi connectivity index (χ2v) is 7.98. The van der Waals surface area contributed by atoms with Crippen LogP contribution in [0.1, 0.15) is 5.56 Å². The maximum atomic E-state index is 14.4. The van der Waals surface area contributed by atoms with Crippen LogP contribution in [0, 0.1) is 5.82 Å². The van der Waals surface area contributed by atoms with Crippen molar-refractivity contribution in [3.05, 3.63) is 78.4 Å². The molecule has 4 rings (SSSR count). The van der Waals surface area contributed by atoms with Crippen molar-refractivity contribution in [2.45, 2.75) is 11.4 Å². The Kier molecular flexibility index (Phi) is 5.60. The van der Waals surface area contributed by atoms with E-state index in [-0.39, 0.29) is 28.6 Å². The van der Waals surface area contributed by atoms with Crippen LogP contribution in [0.4, 0.5) is 4.39 Å². The maximum absolute atomic E-state index is 14.4. The van der Waals surface area contributed by atoms with Crippen LogP contribution in [0.3, 0.4) is 0 Å². The van der Waals surface area contributed by atoms with E-state index in [1.807, 2.05) is 0 Å². The molecular formula is C20H18ClFN2O3S. The van der Waals surface area contributed by atoms with E-state index in [1.54, 1.807) is 43.4 Å². The Hall–Kier alpha value is -2.61. The minimum Gasteiger partial charge on any atom is -0.464 e. The first kappa shape index (κ1) is 20.1. The smallest absolute Gasteiger partial charge is 0.268 e. The van der Waals surface area contributed by atoms with E-state index >= 15 is 0 Å². The minimum absolute atomic E-state index is 0. The van der Waals surface area contributed by atoms with Gasteiger partial charge in [-0.1, -0.05) is 12.1 Å². The zero-order valence-corrected chi connectivity index (χ0v) is 16.6. The van der Waals surface area contributed by atoms with Gasteiger partial charge in [0.05, 0.1) is 16.9 Å². The van der Waals surface area contributed by atoms with E-state index in [1.165, 1.54) is 30.7 Å². The van der Waals surface area contributed by atoms with Crippen LogP contribution >= 0.6 is 12.4 Å². The van der Waals surface area contributed by atoms with Crippen molar-refractivity contribution in [2.24, 2.45) is 0 Å². The fraction of sp³-hybridized carbons (Fsp3) is 0.100. The molecule has 2 aromatic heterocycles. The normalized spacial score (nSPS) is 11.5. The maximum Gasteiger partial charge on any atom is 0.268 e. The summed E-state index contributed by atoms with van der Waals surface area (Å²) in [5, 5.41) is 3.80. The van der Waals surface area contributed by atoms with E-state index in [0.717, 1.165) is 14.9 Å². The minimum atomic E-state index is -3.94. The fourth-order valence-electron chi connectivity index (χ4n) is 3.07. The van der Waals surface area contributed by atoms with Gasteiger partial charge in [-0.05, 0) is 49.0 Å². The standard InChI is InChI=1S/C20H17FN2O3S.ClH/c1-22-12-14-10-19(17-4-2-3-5-18(17)21)23(13-14)27(24,25)16-7-6-15-8-9-26-20(15)11-16;/h2-11,13,22H,12H2,1H3;1H. The third-order valence-electron chi connectivity index (χ3n) is 4.36. The summed E-state index contributed by atoms with van der Waals surface area (Å²) in [5.74, 6) is -0.482. The monoisotopic (exact) mass is 420 g/mol. The lowest BCUT2D eigenvalue weighted by atomic mass is 10.1. The van der Waals surface area contributed by atoms with Crippen molar-refractivity contribution in [3.63, 3.8) is 0 Å². The van der Waals surface area contributed by atoms with Crippen molar-refractivity contribution < 1.29 is 17.2 Å². The Morgan fingerprint density at radius 3 is 2.64 bits per heavy atom. The van der Waals surface area contributed by atoms with E-state index in [2.05, 4.69) is 5.32 Å². The van der Waals surface area contributed by atoms with Gasteiger partial charge in [0.2, 0.25) is 0 Å². The van der Waals surface area contributed by atoms with E-state index in [9.17, 15) is 12.8 Å². The molecule has 4 aromatic rings. The summed E-state index contributed by atoms with van der Waals surface area (Å²) >= 11 is 0. The lowest BCUT2D eigenvalue weighted by Gasteiger charge is -2.11. The Morgan fingerprint density at radius 2 is 1.89 bits per heavy atom. The van der Waals surface area contributed by atoms with E-state index < -0.39 is 15.8 Å². The summed E-state index contributed by atoms with van der Waals surface area (Å²) in [7, 11) is -2.18. The van der Waals surface area contributed by atoms with Crippen LogP contribution in [0.5, 0.6) is 0 Å². The molecule has 8 heteroatoms. The van der Waals surface area contributed by atoms with Crippen LogP contribution in [-0.4, -0.2) is 19.4 Å². The quantitative estimate of drug-likeness (QED) is 0.519. The number of nitrogens with zero attached hydrogens (tertiary/aromatic N) is 1. The van der Waals surface area contributed by atoms with Gasteiger partial charge in [-0.2, -0.15) is 0 Å². The van der Waals surface area contributed by atoms with Crippen molar-refractivity contribution in [3.8, 4) is 11.3 Å². The molecule has 0 aliphatic carbocycles. The molecule has 0 spiro atoms. The number of rotatable bonds is 5. The second kappa shape index (κ2) is 7.79. The molecular weight excluding hydrogens is 403 g/mol. The van der Waals surface area contributed by atoms with Crippen LogP contribution in [-0.2, 0) is 16.6 Å². The SMILES string of the molecule is CNCc1cc(-c2ccccc2F)n(S(=O)(=O)c2ccc3ccoc3c2)c1.Cl. The highest BCUT2D eigenvalue weighted by atomic mass is 35.5. The molecule has 1 N–H and O–H groups in total. The zero-order valence-electron chi connectivity index (χ0n) is 14.9. The third-order valence-corrected chi connectivity index (χ3v) is 6.03. The largest absolute Gasteiger partial charge is 0.464 e. The predicted octanol–water partition coefficient (Wildman–Crippen LogP) is 4.42. The number of nitrogens with one attached hydrogen (secondary N) is 1. The van der Waals surface area contributed by atoms with Gasteiger partial charge in [-0.15, -0.1) is 12.4 Å². The summed E-state index contributed by atoms with van der Waals surface area (Å²) in [6.07, 6.45) is 3.02. The molecule has 0 radical (unpaired) electrons. The van der Waals surface area contributed by atoms with Crippen molar-refractivity contribution in [1.82, 2.24) is 9.29 Å². The fourth-order valence-corrected chi connectivity index (χ4v) is 4.48. The average Bonchev–Trinajstić information content (AvgIpc) is 3.29. The molecule has 0 amide bonds. The highest BCUT2D eigenvalue weighted by molar-refractivity contribution is 7.90. The molecule has 146 valence electrons. The molecule has 0 bridgehead atoms. The summed E-state index contributed by atoms with van der Waals surface area (Å²) in [4.78, 5) is 0.0779. The number of hydrogen-bond acceptors (Lipinski definition) is 4. The summed E-state index contributed by atoms with van der Waals surface area (Å²) in [5.41, 5.74) is 1.71. The van der Waals surface area contributed by atoms with E-state index in [4.69, 9.17) is 4.42 Å². The molecule has 5 nitrogen and oxygen atoms in total. The number of benzene rings is 2. The van der Waals surface area contributed by atoms with Crippen LogP contribution in [0.2, 0.25) is 0 Å². The Labute approximate surface area is 168 Å². The number of hydrogen-bond donors (Lipinski definition) is 1. The van der Waals surface area contributed by atoms with Gasteiger partial charge in [0.1, 0.15) is 11.4 Å². The first-order chi connectivity index (χ1) is 13.0. The van der Waals surface area contributed by atoms with Gasteiger partial charge in [-0.25, -0.2) is 16.8 Å². The van der Waals surface area contributed by atoms with Gasteiger partial charge < -0.3 is 9.73 Å². The molecule has 0 saturated carbocycles. The number of furan rings is 1. The summed E-state index contributed by atoms with van der Waals surface area (Å²) in [6.45, 7) is 0.460. The molecule has 28 heavy (non-hydrogen) atoms. The number of fused-ring (bicyclic) bond motifs is 1. The lowest BCUT2D eigenvalue weighted by molar-refractivity contribution is 0.586. The van der Waals surface area contributed by atoms with Crippen molar-refractivity contribution in [2.75, 3.05) is 7.05 Å². The Bertz CT molecular complexity index is 1230. The topological polar surface area (TPSA) is 64.2 Å². The average molecular weight is 421 g/mol. The van der Waals surface area contributed by atoms with Crippen molar-refractivity contribution >= 4 is 33.4 Å². The van der Waals surface area contributed by atoms with Gasteiger partial charge >= 0.3 is 0 Å². The van der Waals surface area contributed by atoms with Gasteiger partial charge in [0.15, 0.2) is 0 Å². The number of halogens is 2. The predicted molar refractivity (Wildman–Crippen MR) is 109 cm³/mol. The summed E-state index contributed by atoms with van der Waals surface area (Å²) < 4.78 is 47.4. The van der Waals surface area contributed by atoms with Crippen LogP contribution in [0.15, 0.2) is 76.4 Å². The van der Waals surface area contributed by atoms with Gasteiger partial charge in [0.25, 0.3) is 10.0 Å².